The van der Waals surface area contributed by atoms with E-state index < -0.39 is 10.0 Å². The van der Waals surface area contributed by atoms with Crippen molar-refractivity contribution in [3.8, 4) is 0 Å². The highest BCUT2D eigenvalue weighted by Crippen LogP contribution is 2.23. The molecule has 0 unspecified atom stereocenters. The zero-order chi connectivity index (χ0) is 19.7. The lowest BCUT2D eigenvalue weighted by atomic mass is 9.98. The van der Waals surface area contributed by atoms with Crippen molar-refractivity contribution in [3.63, 3.8) is 0 Å². The number of aromatic nitrogens is 2. The molecule has 0 radical (unpaired) electrons. The number of amides is 1. The summed E-state index contributed by atoms with van der Waals surface area (Å²) in [5.74, 6) is -0.169. The number of aromatic amines is 1. The molecular formula is C20H22N4O3S. The van der Waals surface area contributed by atoms with E-state index in [1.54, 1.807) is 12.4 Å². The molecule has 0 atom stereocenters. The van der Waals surface area contributed by atoms with Gasteiger partial charge in [0.1, 0.15) is 0 Å². The Hall–Kier alpha value is -2.71. The summed E-state index contributed by atoms with van der Waals surface area (Å²) < 4.78 is 25.0. The highest BCUT2D eigenvalue weighted by molar-refractivity contribution is 7.88. The SMILES string of the molecule is CS(=O)(=O)N1CCc2c(cncc2C(=O)NCCc2c[nH]c3ccccc23)C1. The number of hydrogen-bond donors (Lipinski definition) is 2. The van der Waals surface area contributed by atoms with E-state index in [0.717, 1.165) is 34.0 Å². The molecule has 7 nitrogen and oxygen atoms in total. The van der Waals surface area contributed by atoms with Gasteiger partial charge in [-0.15, -0.1) is 0 Å². The maximum atomic E-state index is 12.7. The highest BCUT2D eigenvalue weighted by Gasteiger charge is 2.26. The third kappa shape index (κ3) is 3.65. The Morgan fingerprint density at radius 1 is 1.29 bits per heavy atom. The van der Waals surface area contributed by atoms with Crippen LogP contribution in [0.3, 0.4) is 0 Å². The average Bonchev–Trinajstić information content (AvgIpc) is 3.09. The molecule has 1 aliphatic rings. The van der Waals surface area contributed by atoms with E-state index in [2.05, 4.69) is 21.4 Å². The summed E-state index contributed by atoms with van der Waals surface area (Å²) in [6.07, 6.45) is 7.62. The molecule has 3 heterocycles. The Balaban J connectivity index is 1.44. The first-order chi connectivity index (χ1) is 13.4. The quantitative estimate of drug-likeness (QED) is 0.686. The molecule has 0 saturated carbocycles. The first-order valence-corrected chi connectivity index (χ1v) is 11.0. The maximum absolute atomic E-state index is 12.7. The summed E-state index contributed by atoms with van der Waals surface area (Å²) >= 11 is 0. The van der Waals surface area contributed by atoms with Crippen molar-refractivity contribution < 1.29 is 13.2 Å². The van der Waals surface area contributed by atoms with Crippen molar-refractivity contribution >= 4 is 26.8 Å². The summed E-state index contributed by atoms with van der Waals surface area (Å²) in [5.41, 5.74) is 4.46. The number of benzene rings is 1. The van der Waals surface area contributed by atoms with Gasteiger partial charge in [-0.1, -0.05) is 18.2 Å². The minimum absolute atomic E-state index is 0.169. The zero-order valence-electron chi connectivity index (χ0n) is 15.6. The first-order valence-electron chi connectivity index (χ1n) is 9.17. The van der Waals surface area contributed by atoms with Gasteiger partial charge < -0.3 is 10.3 Å². The molecule has 1 aromatic carbocycles. The van der Waals surface area contributed by atoms with Crippen LogP contribution in [0.25, 0.3) is 10.9 Å². The van der Waals surface area contributed by atoms with Crippen LogP contribution < -0.4 is 5.32 Å². The van der Waals surface area contributed by atoms with Crippen molar-refractivity contribution in [2.24, 2.45) is 0 Å². The van der Waals surface area contributed by atoms with Crippen molar-refractivity contribution in [1.82, 2.24) is 19.6 Å². The van der Waals surface area contributed by atoms with Gasteiger partial charge in [-0.3, -0.25) is 9.78 Å². The second-order valence-electron chi connectivity index (χ2n) is 7.04. The average molecular weight is 398 g/mol. The number of nitrogens with one attached hydrogen (secondary N) is 2. The van der Waals surface area contributed by atoms with Crippen LogP contribution in [-0.4, -0.2) is 47.9 Å². The van der Waals surface area contributed by atoms with Crippen molar-refractivity contribution in [3.05, 3.63) is 65.1 Å². The predicted octanol–water partition coefficient (Wildman–Crippen LogP) is 1.85. The van der Waals surface area contributed by atoms with Gasteiger partial charge in [0.15, 0.2) is 0 Å². The van der Waals surface area contributed by atoms with E-state index in [1.807, 2.05) is 24.4 Å². The number of fused-ring (bicyclic) bond motifs is 2. The number of rotatable bonds is 5. The molecule has 146 valence electrons. The Kier molecular flexibility index (Phi) is 4.91. The van der Waals surface area contributed by atoms with E-state index in [-0.39, 0.29) is 12.5 Å². The zero-order valence-corrected chi connectivity index (χ0v) is 16.4. The molecule has 4 rings (SSSR count). The molecule has 1 aliphatic heterocycles. The Morgan fingerprint density at radius 3 is 2.93 bits per heavy atom. The van der Waals surface area contributed by atoms with Gasteiger partial charge in [0, 0.05) is 49.1 Å². The topological polar surface area (TPSA) is 95.2 Å². The fourth-order valence-corrected chi connectivity index (χ4v) is 4.49. The summed E-state index contributed by atoms with van der Waals surface area (Å²) in [7, 11) is -3.26. The molecule has 0 fully saturated rings. The van der Waals surface area contributed by atoms with Crippen molar-refractivity contribution in [2.45, 2.75) is 19.4 Å². The normalized spacial score (nSPS) is 14.8. The van der Waals surface area contributed by atoms with E-state index in [9.17, 15) is 13.2 Å². The Bertz CT molecular complexity index is 1140. The maximum Gasteiger partial charge on any atom is 0.253 e. The number of carbonyl (C=O) groups is 1. The van der Waals surface area contributed by atoms with Crippen LogP contribution in [0.5, 0.6) is 0 Å². The molecule has 2 N–H and O–H groups in total. The van der Waals surface area contributed by atoms with Crippen LogP contribution in [0, 0.1) is 0 Å². The second kappa shape index (κ2) is 7.37. The lowest BCUT2D eigenvalue weighted by molar-refractivity contribution is 0.0952. The smallest absolute Gasteiger partial charge is 0.253 e. The molecule has 0 saturated heterocycles. The number of sulfonamides is 1. The van der Waals surface area contributed by atoms with Gasteiger partial charge >= 0.3 is 0 Å². The van der Waals surface area contributed by atoms with Crippen LogP contribution in [0.1, 0.15) is 27.0 Å². The lowest BCUT2D eigenvalue weighted by Gasteiger charge is -2.27. The highest BCUT2D eigenvalue weighted by atomic mass is 32.2. The number of H-pyrrole nitrogens is 1. The van der Waals surface area contributed by atoms with Gasteiger partial charge in [0.2, 0.25) is 10.0 Å². The molecule has 0 aliphatic carbocycles. The minimum atomic E-state index is -3.26. The lowest BCUT2D eigenvalue weighted by Crippen LogP contribution is -2.36. The number of hydrogen-bond acceptors (Lipinski definition) is 4. The summed E-state index contributed by atoms with van der Waals surface area (Å²) in [4.78, 5) is 20.1. The molecule has 28 heavy (non-hydrogen) atoms. The fraction of sp³-hybridized carbons (Fsp3) is 0.300. The van der Waals surface area contributed by atoms with Crippen LogP contribution in [0.2, 0.25) is 0 Å². The molecule has 0 bridgehead atoms. The third-order valence-electron chi connectivity index (χ3n) is 5.17. The van der Waals surface area contributed by atoms with Gasteiger partial charge in [-0.2, -0.15) is 4.31 Å². The molecular weight excluding hydrogens is 376 g/mol. The Morgan fingerprint density at radius 2 is 2.11 bits per heavy atom. The van der Waals surface area contributed by atoms with E-state index >= 15 is 0 Å². The predicted molar refractivity (Wildman–Crippen MR) is 108 cm³/mol. The minimum Gasteiger partial charge on any atom is -0.361 e. The molecule has 1 amide bonds. The van der Waals surface area contributed by atoms with Crippen LogP contribution in [-0.2, 0) is 29.4 Å². The van der Waals surface area contributed by atoms with E-state index in [1.165, 1.54) is 10.6 Å². The van der Waals surface area contributed by atoms with Gasteiger partial charge in [0.05, 0.1) is 11.8 Å². The van der Waals surface area contributed by atoms with Crippen molar-refractivity contribution in [1.29, 1.82) is 0 Å². The first kappa shape index (κ1) is 18.6. The van der Waals surface area contributed by atoms with Crippen LogP contribution in [0.4, 0.5) is 0 Å². The summed E-state index contributed by atoms with van der Waals surface area (Å²) in [6.45, 7) is 1.16. The molecule has 2 aromatic heterocycles. The number of pyridine rings is 1. The van der Waals surface area contributed by atoms with Gasteiger partial charge in [-0.05, 0) is 35.6 Å². The van der Waals surface area contributed by atoms with Gasteiger partial charge in [0.25, 0.3) is 5.91 Å². The Labute approximate surface area is 163 Å². The van der Waals surface area contributed by atoms with E-state index in [0.29, 0.717) is 25.1 Å². The largest absolute Gasteiger partial charge is 0.361 e. The van der Waals surface area contributed by atoms with Gasteiger partial charge in [-0.25, -0.2) is 8.42 Å². The molecule has 0 spiro atoms. The van der Waals surface area contributed by atoms with Crippen LogP contribution in [0.15, 0.2) is 42.9 Å². The molecule has 3 aromatic rings. The fourth-order valence-electron chi connectivity index (χ4n) is 3.69. The number of nitrogens with zero attached hydrogens (tertiary/aromatic N) is 2. The monoisotopic (exact) mass is 398 g/mol. The van der Waals surface area contributed by atoms with Crippen LogP contribution >= 0.6 is 0 Å². The van der Waals surface area contributed by atoms with E-state index in [4.69, 9.17) is 0 Å². The molecule has 8 heteroatoms. The standard InChI is InChI=1S/C20H22N4O3S/c1-28(26,27)24-9-7-16-15(13-24)10-21-12-18(16)20(25)22-8-6-14-11-23-19-5-3-2-4-17(14)19/h2-5,10-12,23H,6-9,13H2,1H3,(H,22,25). The second-order valence-corrected chi connectivity index (χ2v) is 9.02. The number of para-hydroxylation sites is 1. The summed E-state index contributed by atoms with van der Waals surface area (Å²) in [6, 6.07) is 8.08. The third-order valence-corrected chi connectivity index (χ3v) is 6.42. The van der Waals surface area contributed by atoms with Crippen molar-refractivity contribution in [2.75, 3.05) is 19.3 Å². The number of carbonyl (C=O) groups excluding carboxylic acids is 1. The summed E-state index contributed by atoms with van der Waals surface area (Å²) in [5, 5.41) is 4.13.